The van der Waals surface area contributed by atoms with E-state index >= 15 is 0 Å². The fourth-order valence-corrected chi connectivity index (χ4v) is 1.58. The number of esters is 1. The zero-order chi connectivity index (χ0) is 12.0. The summed E-state index contributed by atoms with van der Waals surface area (Å²) < 4.78 is 10.9. The molecule has 4 heteroatoms. The van der Waals surface area contributed by atoms with Gasteiger partial charge in [0.15, 0.2) is 0 Å². The second-order valence-corrected chi connectivity index (χ2v) is 4.19. The maximum Gasteiger partial charge on any atom is 0.339 e. The third kappa shape index (κ3) is 3.52. The lowest BCUT2D eigenvalue weighted by molar-refractivity contribution is 0.0498. The Morgan fingerprint density at radius 2 is 2.19 bits per heavy atom. The Kier molecular flexibility index (Phi) is 5.32. The van der Waals surface area contributed by atoms with E-state index in [1.54, 1.807) is 25.3 Å². The van der Waals surface area contributed by atoms with E-state index in [-0.39, 0.29) is 5.97 Å². The first kappa shape index (κ1) is 13.0. The monoisotopic (exact) mass is 286 g/mol. The Labute approximate surface area is 104 Å². The van der Waals surface area contributed by atoms with Crippen LogP contribution in [-0.4, -0.2) is 19.7 Å². The molecule has 0 aliphatic carbocycles. The Bertz CT molecular complexity index is 363. The van der Waals surface area contributed by atoms with Gasteiger partial charge in [-0.2, -0.15) is 0 Å². The number of rotatable bonds is 5. The van der Waals surface area contributed by atoms with Crippen molar-refractivity contribution in [3.63, 3.8) is 0 Å². The molecule has 0 aromatic heterocycles. The van der Waals surface area contributed by atoms with Crippen LogP contribution >= 0.6 is 15.9 Å². The van der Waals surface area contributed by atoms with Gasteiger partial charge in [-0.05, 0) is 40.5 Å². The van der Waals surface area contributed by atoms with E-state index in [0.717, 1.165) is 17.3 Å². The molecule has 0 aliphatic heterocycles. The lowest BCUT2D eigenvalue weighted by atomic mass is 10.2. The molecule has 0 aliphatic rings. The highest BCUT2D eigenvalue weighted by Gasteiger charge is 2.12. The second-order valence-electron chi connectivity index (χ2n) is 3.34. The van der Waals surface area contributed by atoms with Gasteiger partial charge in [-0.15, -0.1) is 0 Å². The van der Waals surface area contributed by atoms with Crippen molar-refractivity contribution in [1.82, 2.24) is 0 Å². The lowest BCUT2D eigenvalue weighted by Crippen LogP contribution is -2.07. The molecule has 3 nitrogen and oxygen atoms in total. The van der Waals surface area contributed by atoms with Crippen LogP contribution in [-0.2, 0) is 4.74 Å². The molecule has 1 aromatic carbocycles. The van der Waals surface area contributed by atoms with E-state index in [9.17, 15) is 4.79 Å². The SMILES string of the molecule is CCCCOC(=O)c1cc(OC)ccc1Br. The first-order valence-corrected chi connectivity index (χ1v) is 5.99. The van der Waals surface area contributed by atoms with Crippen molar-refractivity contribution in [3.05, 3.63) is 28.2 Å². The summed E-state index contributed by atoms with van der Waals surface area (Å²) in [5, 5.41) is 0. The van der Waals surface area contributed by atoms with Crippen LogP contribution in [0.15, 0.2) is 22.7 Å². The minimum absolute atomic E-state index is 0.320. The largest absolute Gasteiger partial charge is 0.497 e. The molecular weight excluding hydrogens is 272 g/mol. The van der Waals surface area contributed by atoms with Crippen LogP contribution in [0, 0.1) is 0 Å². The third-order valence-electron chi connectivity index (χ3n) is 2.12. The smallest absolute Gasteiger partial charge is 0.339 e. The van der Waals surface area contributed by atoms with Crippen LogP contribution in [0.5, 0.6) is 5.75 Å². The molecule has 88 valence electrons. The summed E-state index contributed by atoms with van der Waals surface area (Å²) >= 11 is 3.31. The number of hydrogen-bond donors (Lipinski definition) is 0. The summed E-state index contributed by atoms with van der Waals surface area (Å²) in [5.41, 5.74) is 0.496. The standard InChI is InChI=1S/C12H15BrO3/c1-3-4-7-16-12(14)10-8-9(15-2)5-6-11(10)13/h5-6,8H,3-4,7H2,1-2H3. The quantitative estimate of drug-likeness (QED) is 0.615. The maximum absolute atomic E-state index is 11.7. The van der Waals surface area contributed by atoms with Gasteiger partial charge in [-0.1, -0.05) is 13.3 Å². The molecule has 1 aromatic rings. The first-order chi connectivity index (χ1) is 7.69. The highest BCUT2D eigenvalue weighted by atomic mass is 79.9. The molecule has 0 unspecified atom stereocenters. The Hall–Kier alpha value is -1.03. The van der Waals surface area contributed by atoms with Crippen LogP contribution in [0.4, 0.5) is 0 Å². The molecule has 0 saturated heterocycles. The number of carbonyl (C=O) groups is 1. The van der Waals surface area contributed by atoms with Crippen molar-refractivity contribution in [2.75, 3.05) is 13.7 Å². The minimum atomic E-state index is -0.320. The molecule has 0 amide bonds. The van der Waals surface area contributed by atoms with Gasteiger partial charge in [0, 0.05) is 4.47 Å². The molecule has 0 bridgehead atoms. The molecule has 1 rings (SSSR count). The van der Waals surface area contributed by atoms with Gasteiger partial charge in [0.2, 0.25) is 0 Å². The van der Waals surface area contributed by atoms with E-state index in [2.05, 4.69) is 22.9 Å². The number of ether oxygens (including phenoxy) is 2. The summed E-state index contributed by atoms with van der Waals surface area (Å²) in [7, 11) is 1.56. The summed E-state index contributed by atoms with van der Waals surface area (Å²) in [4.78, 5) is 11.7. The third-order valence-corrected chi connectivity index (χ3v) is 2.82. The molecule has 0 N–H and O–H groups in total. The van der Waals surface area contributed by atoms with Gasteiger partial charge >= 0.3 is 5.97 Å². The molecule has 0 heterocycles. The average Bonchev–Trinajstić information content (AvgIpc) is 2.30. The van der Waals surface area contributed by atoms with Crippen LogP contribution in [0.2, 0.25) is 0 Å². The van der Waals surface area contributed by atoms with Crippen molar-refractivity contribution < 1.29 is 14.3 Å². The topological polar surface area (TPSA) is 35.5 Å². The normalized spacial score (nSPS) is 9.94. The number of benzene rings is 1. The molecule has 16 heavy (non-hydrogen) atoms. The van der Waals surface area contributed by atoms with Gasteiger partial charge in [0.25, 0.3) is 0 Å². The first-order valence-electron chi connectivity index (χ1n) is 5.19. The maximum atomic E-state index is 11.7. The van der Waals surface area contributed by atoms with Gasteiger partial charge in [-0.25, -0.2) is 4.79 Å². The van der Waals surface area contributed by atoms with Crippen molar-refractivity contribution >= 4 is 21.9 Å². The molecule has 0 spiro atoms. The highest BCUT2D eigenvalue weighted by Crippen LogP contribution is 2.23. The number of hydrogen-bond acceptors (Lipinski definition) is 3. The van der Waals surface area contributed by atoms with E-state index in [4.69, 9.17) is 9.47 Å². The van der Waals surface area contributed by atoms with Gasteiger partial charge in [0.1, 0.15) is 5.75 Å². The van der Waals surface area contributed by atoms with Crippen molar-refractivity contribution in [1.29, 1.82) is 0 Å². The average molecular weight is 287 g/mol. The van der Waals surface area contributed by atoms with Crippen LogP contribution < -0.4 is 4.74 Å². The van der Waals surface area contributed by atoms with E-state index in [1.165, 1.54) is 0 Å². The van der Waals surface area contributed by atoms with Gasteiger partial charge < -0.3 is 9.47 Å². The predicted molar refractivity (Wildman–Crippen MR) is 65.9 cm³/mol. The van der Waals surface area contributed by atoms with Crippen LogP contribution in [0.3, 0.4) is 0 Å². The van der Waals surface area contributed by atoms with Gasteiger partial charge in [-0.3, -0.25) is 0 Å². The summed E-state index contributed by atoms with van der Waals surface area (Å²) in [6, 6.07) is 5.22. The van der Waals surface area contributed by atoms with E-state index < -0.39 is 0 Å². The Morgan fingerprint density at radius 1 is 1.44 bits per heavy atom. The Morgan fingerprint density at radius 3 is 2.81 bits per heavy atom. The fraction of sp³-hybridized carbons (Fsp3) is 0.417. The molecule has 0 atom stereocenters. The number of methoxy groups -OCH3 is 1. The van der Waals surface area contributed by atoms with Crippen LogP contribution in [0.25, 0.3) is 0 Å². The number of halogens is 1. The molecule has 0 saturated carbocycles. The fourth-order valence-electron chi connectivity index (χ4n) is 1.17. The second kappa shape index (κ2) is 6.53. The zero-order valence-corrected chi connectivity index (χ0v) is 11.0. The number of unbranched alkanes of at least 4 members (excludes halogenated alkanes) is 1. The minimum Gasteiger partial charge on any atom is -0.497 e. The van der Waals surface area contributed by atoms with Gasteiger partial charge in [0.05, 0.1) is 19.3 Å². The predicted octanol–water partition coefficient (Wildman–Crippen LogP) is 3.41. The van der Waals surface area contributed by atoms with Crippen molar-refractivity contribution in [2.24, 2.45) is 0 Å². The van der Waals surface area contributed by atoms with E-state index in [1.807, 2.05) is 0 Å². The summed E-state index contributed by atoms with van der Waals surface area (Å²) in [6.07, 6.45) is 1.89. The Balaban J connectivity index is 2.73. The zero-order valence-electron chi connectivity index (χ0n) is 9.46. The lowest BCUT2D eigenvalue weighted by Gasteiger charge is -2.07. The van der Waals surface area contributed by atoms with Crippen molar-refractivity contribution in [3.8, 4) is 5.75 Å². The highest BCUT2D eigenvalue weighted by molar-refractivity contribution is 9.10. The molecule has 0 fully saturated rings. The summed E-state index contributed by atoms with van der Waals surface area (Å²) in [6.45, 7) is 2.51. The van der Waals surface area contributed by atoms with Crippen molar-refractivity contribution in [2.45, 2.75) is 19.8 Å². The summed E-state index contributed by atoms with van der Waals surface area (Å²) in [5.74, 6) is 0.324. The van der Waals surface area contributed by atoms with E-state index in [0.29, 0.717) is 17.9 Å². The van der Waals surface area contributed by atoms with Crippen LogP contribution in [0.1, 0.15) is 30.1 Å². The molecule has 0 radical (unpaired) electrons. The number of carbonyl (C=O) groups excluding carboxylic acids is 1. The molecular formula is C12H15BrO3.